The van der Waals surface area contributed by atoms with E-state index in [0.717, 1.165) is 12.5 Å². The summed E-state index contributed by atoms with van der Waals surface area (Å²) >= 11 is 0. The predicted molar refractivity (Wildman–Crippen MR) is 102 cm³/mol. The number of ether oxygens (including phenoxy) is 2. The van der Waals surface area contributed by atoms with Gasteiger partial charge >= 0.3 is 6.36 Å². The van der Waals surface area contributed by atoms with Crippen LogP contribution in [0.25, 0.3) is 0 Å². The van der Waals surface area contributed by atoms with Crippen LogP contribution in [0.15, 0.2) is 24.3 Å². The SMILES string of the molecule is COCCN1CC[C@H](N2CCCN(C(=O)c3ccccc3OC(F)(F)F)CC2)C1=O. The Morgan fingerprint density at radius 2 is 1.90 bits per heavy atom. The van der Waals surface area contributed by atoms with E-state index < -0.39 is 18.0 Å². The maximum absolute atomic E-state index is 12.9. The predicted octanol–water partition coefficient (Wildman–Crippen LogP) is 1.98. The van der Waals surface area contributed by atoms with Crippen LogP contribution >= 0.6 is 0 Å². The molecule has 1 atom stereocenters. The molecule has 0 aliphatic carbocycles. The minimum atomic E-state index is -4.87. The summed E-state index contributed by atoms with van der Waals surface area (Å²) in [7, 11) is 1.59. The van der Waals surface area contributed by atoms with E-state index in [1.807, 2.05) is 0 Å². The largest absolute Gasteiger partial charge is 0.573 e. The molecule has 2 aliphatic heterocycles. The maximum Gasteiger partial charge on any atom is 0.573 e. The average molecular weight is 429 g/mol. The van der Waals surface area contributed by atoms with E-state index in [1.165, 1.54) is 23.1 Å². The van der Waals surface area contributed by atoms with Crippen LogP contribution in [0, 0.1) is 0 Å². The van der Waals surface area contributed by atoms with Crippen molar-refractivity contribution in [2.75, 3.05) is 53.0 Å². The van der Waals surface area contributed by atoms with Crippen LogP contribution in [0.4, 0.5) is 13.2 Å². The topological polar surface area (TPSA) is 62.3 Å². The first kappa shape index (κ1) is 22.4. The highest BCUT2D eigenvalue weighted by molar-refractivity contribution is 5.97. The molecule has 0 spiro atoms. The molecular weight excluding hydrogens is 403 g/mol. The first-order valence-electron chi connectivity index (χ1n) is 9.96. The van der Waals surface area contributed by atoms with Crippen molar-refractivity contribution < 1.29 is 32.2 Å². The van der Waals surface area contributed by atoms with E-state index in [2.05, 4.69) is 9.64 Å². The molecule has 0 aromatic heterocycles. The lowest BCUT2D eigenvalue weighted by Gasteiger charge is -2.27. The Morgan fingerprint density at radius 3 is 2.63 bits per heavy atom. The lowest BCUT2D eigenvalue weighted by Crippen LogP contribution is -2.44. The number of halogens is 3. The second-order valence-corrected chi connectivity index (χ2v) is 7.35. The summed E-state index contributed by atoms with van der Waals surface area (Å²) in [4.78, 5) is 30.9. The van der Waals surface area contributed by atoms with Gasteiger partial charge in [-0.05, 0) is 25.0 Å². The molecule has 7 nitrogen and oxygen atoms in total. The van der Waals surface area contributed by atoms with Crippen molar-refractivity contribution in [2.24, 2.45) is 0 Å². The zero-order chi connectivity index (χ0) is 21.7. The molecule has 30 heavy (non-hydrogen) atoms. The fourth-order valence-electron chi connectivity index (χ4n) is 3.96. The number of likely N-dealkylation sites (tertiary alicyclic amines) is 1. The molecule has 1 aromatic rings. The lowest BCUT2D eigenvalue weighted by molar-refractivity contribution is -0.274. The van der Waals surface area contributed by atoms with Crippen LogP contribution in [0.3, 0.4) is 0 Å². The van der Waals surface area contributed by atoms with Gasteiger partial charge in [0.25, 0.3) is 5.91 Å². The molecule has 0 saturated carbocycles. The highest BCUT2D eigenvalue weighted by Gasteiger charge is 2.37. The number of rotatable bonds is 6. The Hall–Kier alpha value is -2.33. The van der Waals surface area contributed by atoms with Crippen LogP contribution in [0.5, 0.6) is 5.75 Å². The standard InChI is InChI=1S/C20H26F3N3O4/c1-29-14-13-26-10-7-16(19(26)28)24-8-4-9-25(12-11-24)18(27)15-5-2-3-6-17(15)30-20(21,22)23/h2-3,5-6,16H,4,7-14H2,1H3/t16-/m0/s1. The van der Waals surface area contributed by atoms with Crippen LogP contribution in [-0.4, -0.2) is 91.9 Å². The van der Waals surface area contributed by atoms with Crippen LogP contribution < -0.4 is 4.74 Å². The second kappa shape index (κ2) is 9.65. The number of hydrogen-bond donors (Lipinski definition) is 0. The van der Waals surface area contributed by atoms with E-state index in [4.69, 9.17) is 4.74 Å². The lowest BCUT2D eigenvalue weighted by atomic mass is 10.1. The summed E-state index contributed by atoms with van der Waals surface area (Å²) in [6, 6.07) is 5.14. The highest BCUT2D eigenvalue weighted by Crippen LogP contribution is 2.28. The molecule has 1 aromatic carbocycles. The number of nitrogens with zero attached hydrogens (tertiary/aromatic N) is 3. The molecule has 0 radical (unpaired) electrons. The van der Waals surface area contributed by atoms with Crippen molar-refractivity contribution in [1.82, 2.24) is 14.7 Å². The first-order valence-corrected chi connectivity index (χ1v) is 9.96. The van der Waals surface area contributed by atoms with E-state index in [0.29, 0.717) is 52.3 Å². The third-order valence-corrected chi connectivity index (χ3v) is 5.44. The normalized spacial score (nSPS) is 21.1. The van der Waals surface area contributed by atoms with Gasteiger partial charge in [-0.1, -0.05) is 12.1 Å². The molecule has 2 heterocycles. The number of alkyl halides is 3. The van der Waals surface area contributed by atoms with Crippen LogP contribution in [-0.2, 0) is 9.53 Å². The summed E-state index contributed by atoms with van der Waals surface area (Å²) < 4.78 is 47.1. The van der Waals surface area contributed by atoms with Gasteiger partial charge in [0.2, 0.25) is 5.91 Å². The highest BCUT2D eigenvalue weighted by atomic mass is 19.4. The molecule has 0 unspecified atom stereocenters. The smallest absolute Gasteiger partial charge is 0.405 e. The monoisotopic (exact) mass is 429 g/mol. The summed E-state index contributed by atoms with van der Waals surface area (Å²) in [5.41, 5.74) is -0.119. The minimum absolute atomic E-state index is 0.0655. The molecule has 2 saturated heterocycles. The summed E-state index contributed by atoms with van der Waals surface area (Å²) in [6.07, 6.45) is -3.52. The first-order chi connectivity index (χ1) is 14.3. The molecule has 2 amide bonds. The van der Waals surface area contributed by atoms with Gasteiger partial charge in [-0.2, -0.15) is 0 Å². The summed E-state index contributed by atoms with van der Waals surface area (Å²) in [5, 5.41) is 0. The zero-order valence-corrected chi connectivity index (χ0v) is 16.9. The van der Waals surface area contributed by atoms with E-state index >= 15 is 0 Å². The van der Waals surface area contributed by atoms with Gasteiger partial charge in [0, 0.05) is 46.4 Å². The molecule has 10 heteroatoms. The molecule has 2 aliphatic rings. The molecule has 0 bridgehead atoms. The Labute approximate surface area is 173 Å². The number of methoxy groups -OCH3 is 1. The Morgan fingerprint density at radius 1 is 1.13 bits per heavy atom. The van der Waals surface area contributed by atoms with Crippen molar-refractivity contribution in [3.05, 3.63) is 29.8 Å². The van der Waals surface area contributed by atoms with Gasteiger partial charge in [0.15, 0.2) is 0 Å². The fraction of sp³-hybridized carbons (Fsp3) is 0.600. The number of amides is 2. The van der Waals surface area contributed by atoms with Crippen molar-refractivity contribution in [3.63, 3.8) is 0 Å². The Balaban J connectivity index is 1.63. The van der Waals surface area contributed by atoms with E-state index in [1.54, 1.807) is 12.0 Å². The summed E-state index contributed by atoms with van der Waals surface area (Å²) in [5.74, 6) is -0.942. The minimum Gasteiger partial charge on any atom is -0.405 e. The van der Waals surface area contributed by atoms with Crippen molar-refractivity contribution >= 4 is 11.8 Å². The second-order valence-electron chi connectivity index (χ2n) is 7.35. The van der Waals surface area contributed by atoms with Gasteiger partial charge in [-0.25, -0.2) is 0 Å². The quantitative estimate of drug-likeness (QED) is 0.692. The Kier molecular flexibility index (Phi) is 7.19. The van der Waals surface area contributed by atoms with Gasteiger partial charge in [-0.3, -0.25) is 14.5 Å². The Bertz CT molecular complexity index is 759. The van der Waals surface area contributed by atoms with Gasteiger partial charge in [0.05, 0.1) is 18.2 Å². The van der Waals surface area contributed by atoms with Gasteiger partial charge < -0.3 is 19.3 Å². The molecule has 3 rings (SSSR count). The van der Waals surface area contributed by atoms with Crippen molar-refractivity contribution in [2.45, 2.75) is 25.2 Å². The summed E-state index contributed by atoms with van der Waals surface area (Å²) in [6.45, 7) is 3.60. The molecule has 0 N–H and O–H groups in total. The zero-order valence-electron chi connectivity index (χ0n) is 16.9. The fourth-order valence-corrected chi connectivity index (χ4v) is 3.96. The molecular formula is C20H26F3N3O4. The number of carbonyl (C=O) groups is 2. The maximum atomic E-state index is 12.9. The third kappa shape index (κ3) is 5.42. The van der Waals surface area contributed by atoms with Gasteiger partial charge in [0.1, 0.15) is 5.75 Å². The van der Waals surface area contributed by atoms with Crippen LogP contribution in [0.1, 0.15) is 23.2 Å². The van der Waals surface area contributed by atoms with E-state index in [9.17, 15) is 22.8 Å². The van der Waals surface area contributed by atoms with Crippen LogP contribution in [0.2, 0.25) is 0 Å². The average Bonchev–Trinajstić information content (AvgIpc) is 2.90. The van der Waals surface area contributed by atoms with E-state index in [-0.39, 0.29) is 17.5 Å². The van der Waals surface area contributed by atoms with Gasteiger partial charge in [-0.15, -0.1) is 13.2 Å². The molecule has 166 valence electrons. The number of para-hydroxylation sites is 1. The van der Waals surface area contributed by atoms with Crippen molar-refractivity contribution in [3.8, 4) is 5.75 Å². The third-order valence-electron chi connectivity index (χ3n) is 5.44. The number of carbonyl (C=O) groups excluding carboxylic acids is 2. The molecule has 2 fully saturated rings. The number of hydrogen-bond acceptors (Lipinski definition) is 5. The van der Waals surface area contributed by atoms with Crippen molar-refractivity contribution in [1.29, 1.82) is 0 Å². The number of benzene rings is 1.